The molecule has 1 fully saturated rings. The van der Waals surface area contributed by atoms with Gasteiger partial charge in [0.1, 0.15) is 0 Å². The monoisotopic (exact) mass is 220 g/mol. The van der Waals surface area contributed by atoms with Crippen LogP contribution in [-0.4, -0.2) is 28.9 Å². The van der Waals surface area contributed by atoms with Crippen molar-refractivity contribution in [3.8, 4) is 0 Å². The average molecular weight is 220 g/mol. The quantitative estimate of drug-likeness (QED) is 0.815. The molecule has 0 radical (unpaired) electrons. The number of likely N-dealkylation sites (tertiary alicyclic amines) is 1. The van der Waals surface area contributed by atoms with Crippen LogP contribution in [0.25, 0.3) is 0 Å². The van der Waals surface area contributed by atoms with Crippen molar-refractivity contribution in [1.29, 1.82) is 0 Å². The molecule has 1 saturated heterocycles. The third-order valence-corrected chi connectivity index (χ3v) is 3.18. The smallest absolute Gasteiger partial charge is 0.255 e. The number of carbonyl (C=O) groups excluding carboxylic acids is 1. The largest absolute Gasteiger partial charge is 0.338 e. The number of aromatic nitrogens is 1. The standard InChI is InChI=1S/C12H16N2O2/c1-2-9-5-6-14(8-9)12(16)10-3-4-11(15)13-7-10/h3-4,7,9H,2,5-6,8H2,1H3,(H,13,15). The van der Waals surface area contributed by atoms with Crippen LogP contribution in [0.15, 0.2) is 23.1 Å². The molecule has 1 N–H and O–H groups in total. The molecule has 1 aromatic heterocycles. The molecule has 0 saturated carbocycles. The lowest BCUT2D eigenvalue weighted by Gasteiger charge is -2.15. The molecule has 1 aromatic rings. The number of rotatable bonds is 2. The van der Waals surface area contributed by atoms with E-state index in [1.165, 1.54) is 12.3 Å². The lowest BCUT2D eigenvalue weighted by Crippen LogP contribution is -2.29. The van der Waals surface area contributed by atoms with Gasteiger partial charge in [0.05, 0.1) is 5.56 Å². The van der Waals surface area contributed by atoms with E-state index in [1.54, 1.807) is 6.07 Å². The van der Waals surface area contributed by atoms with Crippen molar-refractivity contribution >= 4 is 5.91 Å². The summed E-state index contributed by atoms with van der Waals surface area (Å²) < 4.78 is 0. The van der Waals surface area contributed by atoms with Crippen molar-refractivity contribution in [3.63, 3.8) is 0 Å². The van der Waals surface area contributed by atoms with E-state index in [-0.39, 0.29) is 11.5 Å². The topological polar surface area (TPSA) is 53.2 Å². The summed E-state index contributed by atoms with van der Waals surface area (Å²) in [5.74, 6) is 0.652. The number of aromatic amines is 1. The second-order valence-electron chi connectivity index (χ2n) is 4.26. The molecule has 4 heteroatoms. The van der Waals surface area contributed by atoms with Crippen molar-refractivity contribution in [2.75, 3.05) is 13.1 Å². The van der Waals surface area contributed by atoms with Crippen LogP contribution in [0.4, 0.5) is 0 Å². The Hall–Kier alpha value is -1.58. The summed E-state index contributed by atoms with van der Waals surface area (Å²) in [7, 11) is 0. The second kappa shape index (κ2) is 4.51. The van der Waals surface area contributed by atoms with E-state index in [0.29, 0.717) is 11.5 Å². The zero-order valence-corrected chi connectivity index (χ0v) is 9.40. The van der Waals surface area contributed by atoms with Crippen LogP contribution >= 0.6 is 0 Å². The Morgan fingerprint density at radius 2 is 2.38 bits per heavy atom. The number of hydrogen-bond acceptors (Lipinski definition) is 2. The Balaban J connectivity index is 2.08. The highest BCUT2D eigenvalue weighted by Gasteiger charge is 2.25. The highest BCUT2D eigenvalue weighted by Crippen LogP contribution is 2.20. The molecular weight excluding hydrogens is 204 g/mol. The minimum absolute atomic E-state index is 0.0206. The van der Waals surface area contributed by atoms with Gasteiger partial charge in [-0.2, -0.15) is 0 Å². The molecule has 1 aliphatic heterocycles. The van der Waals surface area contributed by atoms with Gasteiger partial charge in [0.25, 0.3) is 5.91 Å². The SMILES string of the molecule is CCC1CCN(C(=O)c2ccc(=O)[nH]c2)C1. The maximum absolute atomic E-state index is 12.0. The summed E-state index contributed by atoms with van der Waals surface area (Å²) in [6.45, 7) is 3.82. The number of amides is 1. The first kappa shape index (κ1) is 10.9. The third kappa shape index (κ3) is 2.15. The fraction of sp³-hybridized carbons (Fsp3) is 0.500. The van der Waals surface area contributed by atoms with Crippen LogP contribution in [0.1, 0.15) is 30.1 Å². The number of nitrogens with zero attached hydrogens (tertiary/aromatic N) is 1. The van der Waals surface area contributed by atoms with Gasteiger partial charge in [0.2, 0.25) is 5.56 Å². The summed E-state index contributed by atoms with van der Waals surface area (Å²) in [6, 6.07) is 2.97. The minimum Gasteiger partial charge on any atom is -0.338 e. The molecular formula is C12H16N2O2. The fourth-order valence-corrected chi connectivity index (χ4v) is 2.08. The first-order valence-corrected chi connectivity index (χ1v) is 5.68. The molecule has 2 rings (SSSR count). The predicted molar refractivity (Wildman–Crippen MR) is 61.4 cm³/mol. The van der Waals surface area contributed by atoms with Crippen molar-refractivity contribution in [2.45, 2.75) is 19.8 Å². The molecule has 0 aliphatic carbocycles. The Kier molecular flexibility index (Phi) is 3.08. The van der Waals surface area contributed by atoms with E-state index in [4.69, 9.17) is 0 Å². The summed E-state index contributed by atoms with van der Waals surface area (Å²) in [6.07, 6.45) is 3.70. The molecule has 86 valence electrons. The zero-order valence-electron chi connectivity index (χ0n) is 9.40. The van der Waals surface area contributed by atoms with Crippen LogP contribution in [0.3, 0.4) is 0 Å². The van der Waals surface area contributed by atoms with Gasteiger partial charge in [-0.05, 0) is 18.4 Å². The van der Waals surface area contributed by atoms with Gasteiger partial charge in [-0.15, -0.1) is 0 Å². The highest BCUT2D eigenvalue weighted by molar-refractivity contribution is 5.94. The molecule has 1 aliphatic rings. The van der Waals surface area contributed by atoms with Crippen molar-refractivity contribution in [1.82, 2.24) is 9.88 Å². The van der Waals surface area contributed by atoms with E-state index in [9.17, 15) is 9.59 Å². The molecule has 16 heavy (non-hydrogen) atoms. The van der Waals surface area contributed by atoms with Gasteiger partial charge in [-0.3, -0.25) is 9.59 Å². The van der Waals surface area contributed by atoms with Crippen LogP contribution in [0, 0.1) is 5.92 Å². The molecule has 4 nitrogen and oxygen atoms in total. The molecule has 0 aromatic carbocycles. The van der Waals surface area contributed by atoms with E-state index in [1.807, 2.05) is 4.90 Å². The molecule has 1 amide bonds. The zero-order chi connectivity index (χ0) is 11.5. The van der Waals surface area contributed by atoms with Gasteiger partial charge in [0, 0.05) is 25.4 Å². The second-order valence-corrected chi connectivity index (χ2v) is 4.26. The minimum atomic E-state index is -0.176. The summed E-state index contributed by atoms with van der Waals surface area (Å²) in [4.78, 5) is 27.3. The molecule has 0 spiro atoms. The van der Waals surface area contributed by atoms with Crippen molar-refractivity contribution in [2.24, 2.45) is 5.92 Å². The van der Waals surface area contributed by atoms with Gasteiger partial charge in [0.15, 0.2) is 0 Å². The van der Waals surface area contributed by atoms with Crippen LogP contribution < -0.4 is 5.56 Å². The van der Waals surface area contributed by atoms with Crippen LogP contribution in [-0.2, 0) is 0 Å². The average Bonchev–Trinajstić information content (AvgIpc) is 2.77. The summed E-state index contributed by atoms with van der Waals surface area (Å²) >= 11 is 0. The fourth-order valence-electron chi connectivity index (χ4n) is 2.08. The number of pyridine rings is 1. The third-order valence-electron chi connectivity index (χ3n) is 3.18. The van der Waals surface area contributed by atoms with E-state index >= 15 is 0 Å². The number of nitrogens with one attached hydrogen (secondary N) is 1. The van der Waals surface area contributed by atoms with Crippen molar-refractivity contribution in [3.05, 3.63) is 34.2 Å². The van der Waals surface area contributed by atoms with E-state index in [0.717, 1.165) is 25.9 Å². The Morgan fingerprint density at radius 1 is 1.56 bits per heavy atom. The Bertz CT molecular complexity index is 418. The molecule has 1 atom stereocenters. The molecule has 2 heterocycles. The maximum atomic E-state index is 12.0. The van der Waals surface area contributed by atoms with Gasteiger partial charge < -0.3 is 9.88 Å². The Morgan fingerprint density at radius 3 is 2.94 bits per heavy atom. The van der Waals surface area contributed by atoms with E-state index < -0.39 is 0 Å². The lowest BCUT2D eigenvalue weighted by atomic mass is 10.1. The Labute approximate surface area is 94.3 Å². The van der Waals surface area contributed by atoms with Gasteiger partial charge in [-0.1, -0.05) is 13.3 Å². The number of carbonyl (C=O) groups is 1. The summed E-state index contributed by atoms with van der Waals surface area (Å²) in [5.41, 5.74) is 0.390. The maximum Gasteiger partial charge on any atom is 0.255 e. The predicted octanol–water partition coefficient (Wildman–Crippen LogP) is 1.25. The number of H-pyrrole nitrogens is 1. The summed E-state index contributed by atoms with van der Waals surface area (Å²) in [5, 5.41) is 0. The highest BCUT2D eigenvalue weighted by atomic mass is 16.2. The van der Waals surface area contributed by atoms with Gasteiger partial charge >= 0.3 is 0 Å². The van der Waals surface area contributed by atoms with E-state index in [2.05, 4.69) is 11.9 Å². The normalized spacial score (nSPS) is 20.1. The molecule has 0 bridgehead atoms. The van der Waals surface area contributed by atoms with Crippen LogP contribution in [0.5, 0.6) is 0 Å². The first-order valence-electron chi connectivity index (χ1n) is 5.68. The molecule has 1 unspecified atom stereocenters. The van der Waals surface area contributed by atoms with Gasteiger partial charge in [-0.25, -0.2) is 0 Å². The van der Waals surface area contributed by atoms with Crippen molar-refractivity contribution < 1.29 is 4.79 Å². The van der Waals surface area contributed by atoms with Crippen LogP contribution in [0.2, 0.25) is 0 Å². The first-order chi connectivity index (χ1) is 7.70. The number of hydrogen-bond donors (Lipinski definition) is 1. The lowest BCUT2D eigenvalue weighted by molar-refractivity contribution is 0.0786.